The van der Waals surface area contributed by atoms with Crippen LogP contribution in [0.15, 0.2) is 84.7 Å². The number of likely N-dealkylation sites (N-methyl/N-ethyl adjacent to an activating group) is 3. The minimum atomic E-state index is -4.48. The molecule has 1 spiro atoms. The van der Waals surface area contributed by atoms with Gasteiger partial charge in [-0.05, 0) is 127 Å². The standard InChI is InChI=1S/C63H105ClF3N11/c1-12-49(5)60-45-74(9)35-36-77-33-18-21-55(77)43-76(11)56(38-52-19-14-13-15-20-52)42-73(8)34-32-70-54(24-22-53-23-25-58(59(64)39-53)63(65,66)67)26-29-68-30-31-69-46-62(27-16-17-28-62)72-51(7)61(47(2)3)78-41-48(4)37-57(78)44-75(10)50(6)40-71-60/h13-15,19-20,23,25,32,34,39,42-43,47-51,54,57,60-61,68-72H,12,16-18,21-22,24,26-31,33,35-38,40-41,44-46H2,1-11H3/t48-,49+,50+,51?,54+,57?,60-,61+/m1/s1. The van der Waals surface area contributed by atoms with Crippen molar-refractivity contribution in [1.82, 2.24) is 56.0 Å². The van der Waals surface area contributed by atoms with Gasteiger partial charge in [-0.3, -0.25) is 4.90 Å². The van der Waals surface area contributed by atoms with Crippen LogP contribution in [0.5, 0.6) is 0 Å². The van der Waals surface area contributed by atoms with Gasteiger partial charge in [0.15, 0.2) is 0 Å². The van der Waals surface area contributed by atoms with E-state index in [-0.39, 0.29) is 16.6 Å². The highest BCUT2D eigenvalue weighted by Gasteiger charge is 2.42. The van der Waals surface area contributed by atoms with Crippen LogP contribution in [0.4, 0.5) is 13.2 Å². The van der Waals surface area contributed by atoms with Crippen molar-refractivity contribution in [2.75, 3.05) is 100 Å². The summed E-state index contributed by atoms with van der Waals surface area (Å²) in [6.07, 6.45) is 16.7. The summed E-state index contributed by atoms with van der Waals surface area (Å²) in [5.74, 6) is 1.77. The van der Waals surface area contributed by atoms with Crippen molar-refractivity contribution in [3.63, 3.8) is 0 Å². The highest BCUT2D eigenvalue weighted by Crippen LogP contribution is 2.36. The highest BCUT2D eigenvalue weighted by atomic mass is 35.5. The van der Waals surface area contributed by atoms with Crippen molar-refractivity contribution in [3.05, 3.63) is 106 Å². The van der Waals surface area contributed by atoms with E-state index < -0.39 is 11.7 Å². The van der Waals surface area contributed by atoms with E-state index in [0.717, 1.165) is 122 Å². The number of hydrogen-bond acceptors (Lipinski definition) is 11. The maximum atomic E-state index is 13.6. The Morgan fingerprint density at radius 1 is 0.833 bits per heavy atom. The third kappa shape index (κ3) is 19.7. The van der Waals surface area contributed by atoms with Gasteiger partial charge in [0.25, 0.3) is 0 Å². The first-order valence-corrected chi connectivity index (χ1v) is 30.6. The molecule has 2 saturated heterocycles. The summed E-state index contributed by atoms with van der Waals surface area (Å²) in [6.45, 7) is 27.8. The third-order valence-corrected chi connectivity index (χ3v) is 18.2. The van der Waals surface area contributed by atoms with E-state index in [1.54, 1.807) is 6.07 Å². The fourth-order valence-corrected chi connectivity index (χ4v) is 13.3. The number of hydrogen-bond donors (Lipinski definition) is 5. The van der Waals surface area contributed by atoms with Gasteiger partial charge in [-0.1, -0.05) is 102 Å². The van der Waals surface area contributed by atoms with Crippen LogP contribution >= 0.6 is 11.6 Å². The maximum absolute atomic E-state index is 13.6. The van der Waals surface area contributed by atoms with Gasteiger partial charge < -0.3 is 51.1 Å². The molecule has 1 aliphatic carbocycles. The van der Waals surface area contributed by atoms with Crippen LogP contribution in [0.3, 0.4) is 0 Å². The zero-order valence-electron chi connectivity index (χ0n) is 50.1. The summed E-state index contributed by atoms with van der Waals surface area (Å²) in [7, 11) is 8.92. The molecule has 2 unspecified atom stereocenters. The maximum Gasteiger partial charge on any atom is 0.417 e. The molecule has 8 atom stereocenters. The molecule has 0 amide bonds. The van der Waals surface area contributed by atoms with Crippen molar-refractivity contribution >= 4 is 11.6 Å². The molecule has 11 nitrogen and oxygen atoms in total. The molecule has 78 heavy (non-hydrogen) atoms. The van der Waals surface area contributed by atoms with E-state index in [1.807, 2.05) is 6.20 Å². The quantitative estimate of drug-likeness (QED) is 0.175. The molecule has 4 aliphatic rings. The first kappa shape index (κ1) is 63.8. The van der Waals surface area contributed by atoms with Crippen LogP contribution in [-0.4, -0.2) is 171 Å². The summed E-state index contributed by atoms with van der Waals surface area (Å²) in [5.41, 5.74) is 3.90. The average Bonchev–Trinajstić information content (AvgIpc) is 4.16. The van der Waals surface area contributed by atoms with E-state index in [9.17, 15) is 13.2 Å². The summed E-state index contributed by atoms with van der Waals surface area (Å²) < 4.78 is 40.8. The van der Waals surface area contributed by atoms with Gasteiger partial charge >= 0.3 is 6.18 Å². The molecule has 6 rings (SSSR count). The smallest absolute Gasteiger partial charge is 0.387 e. The summed E-state index contributed by atoms with van der Waals surface area (Å²) in [5, 5.41) is 19.4. The normalized spacial score (nSPS) is 28.0. The number of rotatable bonds is 8. The fourth-order valence-electron chi connectivity index (χ4n) is 13.0. The molecule has 3 aliphatic heterocycles. The van der Waals surface area contributed by atoms with Gasteiger partial charge in [0.2, 0.25) is 0 Å². The molecule has 440 valence electrons. The first-order chi connectivity index (χ1) is 37.2. The van der Waals surface area contributed by atoms with E-state index in [2.05, 4.69) is 182 Å². The zero-order chi connectivity index (χ0) is 56.4. The molecule has 15 heteroatoms. The molecular formula is C63H105ClF3N11. The van der Waals surface area contributed by atoms with E-state index in [0.29, 0.717) is 54.4 Å². The molecule has 1 saturated carbocycles. The fraction of sp³-hybridized carbons (Fsp3) is 0.714. The van der Waals surface area contributed by atoms with E-state index in [1.165, 1.54) is 55.1 Å². The topological polar surface area (TPSA) is 79.6 Å². The van der Waals surface area contributed by atoms with Gasteiger partial charge in [-0.2, -0.15) is 13.2 Å². The van der Waals surface area contributed by atoms with Crippen LogP contribution in [-0.2, 0) is 19.0 Å². The number of allylic oxidation sites excluding steroid dienone is 2. The van der Waals surface area contributed by atoms with Gasteiger partial charge in [-0.25, -0.2) is 0 Å². The van der Waals surface area contributed by atoms with Crippen LogP contribution in [0.2, 0.25) is 5.02 Å². The second kappa shape index (κ2) is 31.2. The Kier molecular flexibility index (Phi) is 25.5. The number of halogens is 4. The Morgan fingerprint density at radius 3 is 2.28 bits per heavy atom. The number of nitrogens with one attached hydrogen (secondary N) is 5. The van der Waals surface area contributed by atoms with Crippen molar-refractivity contribution in [2.24, 2.45) is 17.8 Å². The van der Waals surface area contributed by atoms with E-state index >= 15 is 0 Å². The van der Waals surface area contributed by atoms with Crippen molar-refractivity contribution in [2.45, 2.75) is 173 Å². The lowest BCUT2D eigenvalue weighted by Crippen LogP contribution is -2.62. The molecule has 3 heterocycles. The molecule has 3 fully saturated rings. The van der Waals surface area contributed by atoms with Crippen LogP contribution in [0, 0.1) is 17.8 Å². The van der Waals surface area contributed by atoms with Crippen molar-refractivity contribution < 1.29 is 13.2 Å². The Hall–Kier alpha value is -3.34. The largest absolute Gasteiger partial charge is 0.417 e. The molecule has 2 aromatic carbocycles. The number of benzene rings is 2. The lowest BCUT2D eigenvalue weighted by molar-refractivity contribution is -0.137. The number of aryl methyl sites for hydroxylation is 1. The van der Waals surface area contributed by atoms with E-state index in [4.69, 9.17) is 11.6 Å². The summed E-state index contributed by atoms with van der Waals surface area (Å²) in [4.78, 5) is 15.1. The predicted octanol–water partition coefficient (Wildman–Crippen LogP) is 10.5. The third-order valence-electron chi connectivity index (χ3n) is 17.9. The summed E-state index contributed by atoms with van der Waals surface area (Å²) in [6, 6.07) is 17.1. The lowest BCUT2D eigenvalue weighted by Gasteiger charge is -2.45. The van der Waals surface area contributed by atoms with Crippen molar-refractivity contribution in [1.29, 1.82) is 0 Å². The highest BCUT2D eigenvalue weighted by molar-refractivity contribution is 6.31. The molecule has 0 bridgehead atoms. The SMILES string of the molecule is CC[C@H](C)[C@H]1CN(C)CCN2CCCC2=CN(C)C(Cc2ccccc2)=CN(C)C=CN[C@@H](CCc2ccc(C(F)(F)F)c(Cl)c2)CCNCCNCC2(CCCC2)NC(C)[C@H](C(C)C)N2C[C@H](C)CC2CN(C)[C@@H](C)CN1. The van der Waals surface area contributed by atoms with Crippen LogP contribution in [0.1, 0.15) is 129 Å². The Morgan fingerprint density at radius 2 is 1.58 bits per heavy atom. The molecule has 0 radical (unpaired) electrons. The van der Waals surface area contributed by atoms with Gasteiger partial charge in [0.1, 0.15) is 0 Å². The predicted molar refractivity (Wildman–Crippen MR) is 321 cm³/mol. The lowest BCUT2D eigenvalue weighted by atomic mass is 9.90. The molecule has 5 N–H and O–H groups in total. The Labute approximate surface area is 476 Å². The minimum Gasteiger partial charge on any atom is -0.387 e. The summed E-state index contributed by atoms with van der Waals surface area (Å²) >= 11 is 6.18. The minimum absolute atomic E-state index is 0.0760. The van der Waals surface area contributed by atoms with Gasteiger partial charge in [0.05, 0.1) is 10.6 Å². The monoisotopic (exact) mass is 1110 g/mol. The van der Waals surface area contributed by atoms with Gasteiger partial charge in [-0.15, -0.1) is 0 Å². The number of fused-ring (bicyclic) bond motifs is 2. The molecule has 0 aromatic heterocycles. The molecular weight excluding hydrogens is 1000 g/mol. The van der Waals surface area contributed by atoms with Crippen LogP contribution < -0.4 is 26.6 Å². The van der Waals surface area contributed by atoms with Crippen LogP contribution in [0.25, 0.3) is 0 Å². The number of nitrogens with zero attached hydrogens (tertiary/aromatic N) is 6. The van der Waals surface area contributed by atoms with Crippen molar-refractivity contribution in [3.8, 4) is 0 Å². The second-order valence-corrected chi connectivity index (χ2v) is 25.2. The van der Waals surface area contributed by atoms with Gasteiger partial charge in [0, 0.05) is 164 Å². The first-order valence-electron chi connectivity index (χ1n) is 30.2. The average molecular weight is 1110 g/mol. The Bertz CT molecular complexity index is 2150. The Balaban J connectivity index is 1.22. The molecule has 2 aromatic rings. The second-order valence-electron chi connectivity index (χ2n) is 24.8. The number of alkyl halides is 3. The zero-order valence-corrected chi connectivity index (χ0v) is 50.8.